The van der Waals surface area contributed by atoms with Crippen LogP contribution in [0.5, 0.6) is 5.75 Å². The van der Waals surface area contributed by atoms with Crippen molar-refractivity contribution in [2.24, 2.45) is 5.92 Å². The number of benzene rings is 1. The maximum atomic E-state index is 12.7. The van der Waals surface area contributed by atoms with Gasteiger partial charge in [-0.2, -0.15) is 0 Å². The predicted molar refractivity (Wildman–Crippen MR) is 92.6 cm³/mol. The quantitative estimate of drug-likeness (QED) is 0.745. The Hall–Kier alpha value is -0.820. The molecule has 0 saturated carbocycles. The average Bonchev–Trinajstić information content (AvgIpc) is 2.50. The molecule has 2 rings (SSSR count). The zero-order valence-electron chi connectivity index (χ0n) is 12.4. The molecule has 0 bridgehead atoms. The number of hydrogen-bond donors (Lipinski definition) is 2. The van der Waals surface area contributed by atoms with E-state index < -0.39 is 0 Å². The Morgan fingerprint density at radius 3 is 2.76 bits per heavy atom. The average molecular weight is 402 g/mol. The van der Waals surface area contributed by atoms with E-state index in [9.17, 15) is 9.90 Å². The van der Waals surface area contributed by atoms with Crippen LogP contribution in [-0.2, 0) is 0 Å². The van der Waals surface area contributed by atoms with Crippen molar-refractivity contribution in [1.29, 1.82) is 0 Å². The van der Waals surface area contributed by atoms with Gasteiger partial charge in [0.25, 0.3) is 5.91 Å². The first kappa shape index (κ1) is 16.5. The highest BCUT2D eigenvalue weighted by molar-refractivity contribution is 14.1. The highest BCUT2D eigenvalue weighted by Gasteiger charge is 2.21. The van der Waals surface area contributed by atoms with Crippen molar-refractivity contribution in [2.75, 3.05) is 26.2 Å². The van der Waals surface area contributed by atoms with Gasteiger partial charge in [-0.15, -0.1) is 0 Å². The Balaban J connectivity index is 2.08. The summed E-state index contributed by atoms with van der Waals surface area (Å²) in [6, 6.07) is 5.17. The number of nitrogens with zero attached hydrogens (tertiary/aromatic N) is 1. The maximum Gasteiger partial charge on any atom is 0.253 e. The number of aromatic hydroxyl groups is 1. The summed E-state index contributed by atoms with van der Waals surface area (Å²) in [7, 11) is 0. The van der Waals surface area contributed by atoms with Crippen LogP contribution in [0.15, 0.2) is 18.2 Å². The molecule has 1 amide bonds. The van der Waals surface area contributed by atoms with Crippen molar-refractivity contribution < 1.29 is 9.90 Å². The lowest BCUT2D eigenvalue weighted by molar-refractivity contribution is 0.0716. The number of amides is 1. The van der Waals surface area contributed by atoms with E-state index in [1.807, 2.05) is 4.90 Å². The molecule has 0 aromatic heterocycles. The second kappa shape index (κ2) is 7.98. The molecule has 1 aliphatic rings. The minimum atomic E-state index is 0.0297. The lowest BCUT2D eigenvalue weighted by Crippen LogP contribution is -2.39. The van der Waals surface area contributed by atoms with E-state index in [4.69, 9.17) is 0 Å². The molecule has 2 N–H and O–H groups in total. The molecule has 116 valence electrons. The second-order valence-corrected chi connectivity index (χ2v) is 6.77. The number of nitrogens with one attached hydrogen (secondary N) is 1. The third-order valence-corrected chi connectivity index (χ3v) is 4.82. The zero-order chi connectivity index (χ0) is 15.2. The topological polar surface area (TPSA) is 52.6 Å². The van der Waals surface area contributed by atoms with E-state index in [1.165, 1.54) is 0 Å². The van der Waals surface area contributed by atoms with Crippen LogP contribution in [0.2, 0.25) is 0 Å². The van der Waals surface area contributed by atoms with Gasteiger partial charge in [-0.05, 0) is 79.1 Å². The van der Waals surface area contributed by atoms with Crippen LogP contribution in [0.3, 0.4) is 0 Å². The Morgan fingerprint density at radius 2 is 2.14 bits per heavy atom. The normalized spacial score (nSPS) is 15.9. The van der Waals surface area contributed by atoms with Crippen LogP contribution in [0.1, 0.15) is 36.5 Å². The van der Waals surface area contributed by atoms with Crippen LogP contribution in [0.25, 0.3) is 0 Å². The van der Waals surface area contributed by atoms with Crippen molar-refractivity contribution >= 4 is 28.5 Å². The van der Waals surface area contributed by atoms with Crippen LogP contribution >= 0.6 is 22.6 Å². The number of phenolic OH excluding ortho intramolecular Hbond substituents is 1. The molecular weight excluding hydrogens is 379 g/mol. The number of hydrogen-bond acceptors (Lipinski definition) is 3. The summed E-state index contributed by atoms with van der Waals surface area (Å²) in [6.45, 7) is 5.77. The van der Waals surface area contributed by atoms with Crippen LogP contribution in [0.4, 0.5) is 0 Å². The van der Waals surface area contributed by atoms with E-state index in [2.05, 4.69) is 34.8 Å². The molecule has 1 aromatic rings. The van der Waals surface area contributed by atoms with E-state index in [-0.39, 0.29) is 11.7 Å². The van der Waals surface area contributed by atoms with Crippen LogP contribution in [-0.4, -0.2) is 42.1 Å². The molecule has 0 unspecified atom stereocenters. The summed E-state index contributed by atoms with van der Waals surface area (Å²) in [5, 5.41) is 13.2. The van der Waals surface area contributed by atoms with E-state index in [1.54, 1.807) is 18.2 Å². The Labute approximate surface area is 140 Å². The van der Waals surface area contributed by atoms with Crippen LogP contribution in [0, 0.1) is 9.49 Å². The summed E-state index contributed by atoms with van der Waals surface area (Å²) >= 11 is 2.06. The minimum Gasteiger partial charge on any atom is -0.507 e. The highest BCUT2D eigenvalue weighted by Crippen LogP contribution is 2.22. The van der Waals surface area contributed by atoms with Gasteiger partial charge in [-0.1, -0.05) is 6.92 Å². The van der Waals surface area contributed by atoms with Gasteiger partial charge >= 0.3 is 0 Å². The summed E-state index contributed by atoms with van der Waals surface area (Å²) in [5.74, 6) is 0.793. The molecule has 1 aliphatic heterocycles. The molecule has 5 heteroatoms. The monoisotopic (exact) mass is 402 g/mol. The lowest BCUT2D eigenvalue weighted by atomic mass is 9.97. The number of phenols is 1. The van der Waals surface area contributed by atoms with Crippen molar-refractivity contribution in [3.63, 3.8) is 0 Å². The molecule has 1 saturated heterocycles. The molecule has 0 atom stereocenters. The molecule has 0 radical (unpaired) electrons. The molecule has 1 aromatic carbocycles. The number of carbonyl (C=O) groups is 1. The van der Waals surface area contributed by atoms with Crippen LogP contribution < -0.4 is 5.32 Å². The first-order valence-corrected chi connectivity index (χ1v) is 8.68. The van der Waals surface area contributed by atoms with Gasteiger partial charge in [0.15, 0.2) is 0 Å². The number of carbonyl (C=O) groups excluding carboxylic acids is 1. The first-order chi connectivity index (χ1) is 10.1. The number of halogens is 1. The second-order valence-electron chi connectivity index (χ2n) is 5.61. The van der Waals surface area contributed by atoms with Gasteiger partial charge < -0.3 is 15.3 Å². The molecule has 21 heavy (non-hydrogen) atoms. The Bertz CT molecular complexity index is 487. The van der Waals surface area contributed by atoms with E-state index in [0.717, 1.165) is 49.0 Å². The molecule has 0 spiro atoms. The van der Waals surface area contributed by atoms with Gasteiger partial charge in [-0.25, -0.2) is 0 Å². The zero-order valence-corrected chi connectivity index (χ0v) is 14.6. The Kier molecular flexibility index (Phi) is 6.29. The van der Waals surface area contributed by atoms with Crippen molar-refractivity contribution in [3.05, 3.63) is 27.3 Å². The minimum absolute atomic E-state index is 0.0297. The van der Waals surface area contributed by atoms with E-state index >= 15 is 0 Å². The van der Waals surface area contributed by atoms with Gasteiger partial charge in [0.2, 0.25) is 0 Å². The largest absolute Gasteiger partial charge is 0.507 e. The summed E-state index contributed by atoms with van der Waals surface area (Å²) in [6.07, 6.45) is 3.21. The van der Waals surface area contributed by atoms with Gasteiger partial charge in [0.05, 0.1) is 3.57 Å². The standard InChI is InChI=1S/C16H23IN2O2/c1-2-9-19(11-12-5-7-18-8-6-12)16(21)13-3-4-14(17)15(20)10-13/h3-4,10,12,18,20H,2,5-9,11H2,1H3. The van der Waals surface area contributed by atoms with Gasteiger partial charge in [0.1, 0.15) is 5.75 Å². The van der Waals surface area contributed by atoms with Gasteiger partial charge in [0, 0.05) is 18.7 Å². The fourth-order valence-corrected chi connectivity index (χ4v) is 3.09. The van der Waals surface area contributed by atoms with Gasteiger partial charge in [-0.3, -0.25) is 4.79 Å². The number of piperidine rings is 1. The van der Waals surface area contributed by atoms with Crippen molar-refractivity contribution in [2.45, 2.75) is 26.2 Å². The highest BCUT2D eigenvalue weighted by atomic mass is 127. The molecule has 1 heterocycles. The maximum absolute atomic E-state index is 12.7. The lowest BCUT2D eigenvalue weighted by Gasteiger charge is -2.30. The summed E-state index contributed by atoms with van der Waals surface area (Å²) in [4.78, 5) is 14.6. The molecule has 1 fully saturated rings. The molecule has 0 aliphatic carbocycles. The Morgan fingerprint density at radius 1 is 1.43 bits per heavy atom. The SMILES string of the molecule is CCCN(CC1CCNCC1)C(=O)c1ccc(I)c(O)c1. The fraction of sp³-hybridized carbons (Fsp3) is 0.562. The molecule has 4 nitrogen and oxygen atoms in total. The first-order valence-electron chi connectivity index (χ1n) is 7.60. The fourth-order valence-electron chi connectivity index (χ4n) is 2.75. The van der Waals surface area contributed by atoms with E-state index in [0.29, 0.717) is 11.5 Å². The summed E-state index contributed by atoms with van der Waals surface area (Å²) < 4.78 is 0.768. The number of rotatable bonds is 5. The molecular formula is C16H23IN2O2. The third-order valence-electron chi connectivity index (χ3n) is 3.91. The van der Waals surface area contributed by atoms with Crippen molar-refractivity contribution in [3.8, 4) is 5.75 Å². The van der Waals surface area contributed by atoms with Crippen molar-refractivity contribution in [1.82, 2.24) is 10.2 Å². The smallest absolute Gasteiger partial charge is 0.253 e. The predicted octanol–water partition coefficient (Wildman–Crippen LogP) is 2.85. The third kappa shape index (κ3) is 4.57. The summed E-state index contributed by atoms with van der Waals surface area (Å²) in [5.41, 5.74) is 0.579.